The zero-order valence-corrected chi connectivity index (χ0v) is 25.0. The third-order valence-corrected chi connectivity index (χ3v) is 8.52. The molecule has 1 N–H and O–H groups in total. The Balaban J connectivity index is 2.08. The summed E-state index contributed by atoms with van der Waals surface area (Å²) in [4.78, 5) is 28.2. The molecule has 0 unspecified atom stereocenters. The van der Waals surface area contributed by atoms with Gasteiger partial charge in [-0.3, -0.25) is 13.9 Å². The molecule has 3 aromatic rings. The molecule has 0 saturated heterocycles. The lowest BCUT2D eigenvalue weighted by Gasteiger charge is -2.32. The minimum atomic E-state index is -4.26. The van der Waals surface area contributed by atoms with Crippen molar-refractivity contribution < 1.29 is 22.7 Å². The predicted octanol–water partition coefficient (Wildman–Crippen LogP) is 5.53. The molecule has 3 rings (SSSR count). The summed E-state index contributed by atoms with van der Waals surface area (Å²) in [7, 11) is -4.26. The van der Waals surface area contributed by atoms with E-state index >= 15 is 0 Å². The fourth-order valence-corrected chi connectivity index (χ4v) is 5.72. The van der Waals surface area contributed by atoms with Crippen LogP contribution >= 0.6 is 23.2 Å². The first-order valence-electron chi connectivity index (χ1n) is 12.9. The Labute approximate surface area is 245 Å². The van der Waals surface area contributed by atoms with Crippen LogP contribution in [0.4, 0.5) is 5.69 Å². The molecular weight excluding hydrogens is 573 g/mol. The highest BCUT2D eigenvalue weighted by Gasteiger charge is 2.34. The average Bonchev–Trinajstić information content (AvgIpc) is 2.94. The number of carbonyl (C=O) groups excluding carboxylic acids is 2. The zero-order chi connectivity index (χ0) is 29.3. The summed E-state index contributed by atoms with van der Waals surface area (Å²) in [5, 5.41) is 3.60. The lowest BCUT2D eigenvalue weighted by atomic mass is 10.1. The normalized spacial score (nSPS) is 11.9. The van der Waals surface area contributed by atoms with Crippen LogP contribution in [0.5, 0.6) is 5.75 Å². The van der Waals surface area contributed by atoms with Crippen molar-refractivity contribution in [2.24, 2.45) is 0 Å². The Kier molecular flexibility index (Phi) is 11.2. The molecule has 40 heavy (non-hydrogen) atoms. The summed E-state index contributed by atoms with van der Waals surface area (Å²) >= 11 is 12.4. The van der Waals surface area contributed by atoms with Gasteiger partial charge in [0.15, 0.2) is 0 Å². The minimum Gasteiger partial charge on any atom is -0.492 e. The molecule has 0 saturated carbocycles. The van der Waals surface area contributed by atoms with Gasteiger partial charge in [-0.1, -0.05) is 60.5 Å². The first-order chi connectivity index (χ1) is 19.1. The molecule has 11 heteroatoms. The van der Waals surface area contributed by atoms with Crippen LogP contribution in [0.2, 0.25) is 10.0 Å². The average molecular weight is 607 g/mol. The highest BCUT2D eigenvalue weighted by Crippen LogP contribution is 2.33. The van der Waals surface area contributed by atoms with Crippen molar-refractivity contribution >= 4 is 50.7 Å². The van der Waals surface area contributed by atoms with Crippen LogP contribution in [0.25, 0.3) is 0 Å². The standard InChI is InChI=1S/C29H33Cl2N3O5S/c1-4-18-32-29(36)21(3)33(19-22-10-6-7-11-25(22)31)28(35)20-34(26-12-8-9-13-27(26)39-5-2)40(37,38)24-16-14-23(30)15-17-24/h6-17,21H,4-5,18-20H2,1-3H3,(H,32,36)/t21-/m1/s1. The van der Waals surface area contributed by atoms with E-state index < -0.39 is 28.5 Å². The largest absolute Gasteiger partial charge is 0.492 e. The van der Waals surface area contributed by atoms with Gasteiger partial charge >= 0.3 is 0 Å². The number of nitrogens with zero attached hydrogens (tertiary/aromatic N) is 2. The van der Waals surface area contributed by atoms with Crippen LogP contribution in [-0.4, -0.2) is 50.9 Å². The number of ether oxygens (including phenoxy) is 1. The molecule has 0 spiro atoms. The Morgan fingerprint density at radius 1 is 0.950 bits per heavy atom. The molecule has 0 radical (unpaired) electrons. The van der Waals surface area contributed by atoms with E-state index in [1.165, 1.54) is 29.2 Å². The molecule has 3 aromatic carbocycles. The van der Waals surface area contributed by atoms with E-state index in [0.29, 0.717) is 27.9 Å². The summed E-state index contributed by atoms with van der Waals surface area (Å²) < 4.78 is 34.7. The Bertz CT molecular complexity index is 1420. The van der Waals surface area contributed by atoms with E-state index in [2.05, 4.69) is 5.32 Å². The van der Waals surface area contributed by atoms with Crippen molar-refractivity contribution in [3.63, 3.8) is 0 Å². The number of benzene rings is 3. The van der Waals surface area contributed by atoms with Crippen molar-refractivity contribution in [1.29, 1.82) is 0 Å². The molecule has 0 fully saturated rings. The second kappa shape index (κ2) is 14.4. The fourth-order valence-electron chi connectivity index (χ4n) is 3.98. The van der Waals surface area contributed by atoms with E-state index in [0.717, 1.165) is 10.7 Å². The van der Waals surface area contributed by atoms with Crippen LogP contribution in [0, 0.1) is 0 Å². The monoisotopic (exact) mass is 605 g/mol. The van der Waals surface area contributed by atoms with Gasteiger partial charge in [-0.2, -0.15) is 0 Å². The molecule has 8 nitrogen and oxygen atoms in total. The van der Waals surface area contributed by atoms with Crippen LogP contribution in [0.3, 0.4) is 0 Å². The second-order valence-electron chi connectivity index (χ2n) is 8.95. The van der Waals surface area contributed by atoms with E-state index in [1.807, 2.05) is 6.92 Å². The predicted molar refractivity (Wildman–Crippen MR) is 158 cm³/mol. The summed E-state index contributed by atoms with van der Waals surface area (Å²) in [5.41, 5.74) is 0.808. The maximum atomic E-state index is 14.0. The number of hydrogen-bond acceptors (Lipinski definition) is 5. The zero-order valence-electron chi connectivity index (χ0n) is 22.6. The maximum absolute atomic E-state index is 14.0. The molecule has 0 aliphatic carbocycles. The number of sulfonamides is 1. The first-order valence-corrected chi connectivity index (χ1v) is 15.1. The topological polar surface area (TPSA) is 96.0 Å². The van der Waals surface area contributed by atoms with Gasteiger partial charge in [0, 0.05) is 23.1 Å². The number of anilines is 1. The molecule has 0 heterocycles. The fraction of sp³-hybridized carbons (Fsp3) is 0.310. The van der Waals surface area contributed by atoms with Crippen molar-refractivity contribution in [3.8, 4) is 5.75 Å². The van der Waals surface area contributed by atoms with Crippen molar-refractivity contribution in [1.82, 2.24) is 10.2 Å². The van der Waals surface area contributed by atoms with Gasteiger partial charge < -0.3 is 15.0 Å². The molecule has 0 bridgehead atoms. The molecule has 0 aromatic heterocycles. The number of rotatable bonds is 13. The van der Waals surface area contributed by atoms with Gasteiger partial charge in [0.05, 0.1) is 17.2 Å². The summed E-state index contributed by atoms with van der Waals surface area (Å²) in [6, 6.07) is 18.4. The maximum Gasteiger partial charge on any atom is 0.264 e. The third kappa shape index (κ3) is 7.68. The third-order valence-electron chi connectivity index (χ3n) is 6.13. The van der Waals surface area contributed by atoms with E-state index in [9.17, 15) is 18.0 Å². The summed E-state index contributed by atoms with van der Waals surface area (Å²) in [6.07, 6.45) is 0.720. The summed E-state index contributed by atoms with van der Waals surface area (Å²) in [5.74, 6) is -0.659. The molecule has 0 aliphatic heterocycles. The lowest BCUT2D eigenvalue weighted by Crippen LogP contribution is -2.51. The van der Waals surface area contributed by atoms with E-state index in [4.69, 9.17) is 27.9 Å². The van der Waals surface area contributed by atoms with Crippen LogP contribution in [0.15, 0.2) is 77.7 Å². The highest BCUT2D eigenvalue weighted by molar-refractivity contribution is 7.92. The smallest absolute Gasteiger partial charge is 0.264 e. The van der Waals surface area contributed by atoms with Crippen LogP contribution in [-0.2, 0) is 26.2 Å². The SMILES string of the molecule is CCCNC(=O)[C@@H](C)N(Cc1ccccc1Cl)C(=O)CN(c1ccccc1OCC)S(=O)(=O)c1ccc(Cl)cc1. The number of halogens is 2. The molecule has 1 atom stereocenters. The van der Waals surface area contributed by atoms with E-state index in [1.54, 1.807) is 62.4 Å². The Morgan fingerprint density at radius 3 is 2.25 bits per heavy atom. The first kappa shape index (κ1) is 31.3. The quantitative estimate of drug-likeness (QED) is 0.276. The Morgan fingerprint density at radius 2 is 1.60 bits per heavy atom. The minimum absolute atomic E-state index is 0.00115. The van der Waals surface area contributed by atoms with E-state index in [-0.39, 0.29) is 29.6 Å². The molecular formula is C29H33Cl2N3O5S. The van der Waals surface area contributed by atoms with Crippen LogP contribution in [0.1, 0.15) is 32.8 Å². The lowest BCUT2D eigenvalue weighted by molar-refractivity contribution is -0.139. The van der Waals surface area contributed by atoms with Crippen molar-refractivity contribution in [2.45, 2.75) is 44.7 Å². The Hall–Kier alpha value is -3.27. The van der Waals surface area contributed by atoms with Gasteiger partial charge in [-0.15, -0.1) is 0 Å². The van der Waals surface area contributed by atoms with Crippen molar-refractivity contribution in [3.05, 3.63) is 88.4 Å². The highest BCUT2D eigenvalue weighted by atomic mass is 35.5. The van der Waals surface area contributed by atoms with Crippen molar-refractivity contribution in [2.75, 3.05) is 24.0 Å². The number of carbonyl (C=O) groups is 2. The molecule has 2 amide bonds. The number of amides is 2. The van der Waals surface area contributed by atoms with Gasteiger partial charge in [0.1, 0.15) is 18.3 Å². The van der Waals surface area contributed by atoms with Gasteiger partial charge in [0.2, 0.25) is 11.8 Å². The second-order valence-corrected chi connectivity index (χ2v) is 11.7. The number of nitrogens with one attached hydrogen (secondary N) is 1. The number of para-hydroxylation sites is 2. The molecule has 214 valence electrons. The number of hydrogen-bond donors (Lipinski definition) is 1. The van der Waals surface area contributed by atoms with Gasteiger partial charge in [-0.25, -0.2) is 8.42 Å². The van der Waals surface area contributed by atoms with Gasteiger partial charge in [-0.05, 0) is 68.3 Å². The summed E-state index contributed by atoms with van der Waals surface area (Å²) in [6.45, 7) is 5.44. The van der Waals surface area contributed by atoms with Gasteiger partial charge in [0.25, 0.3) is 10.0 Å². The van der Waals surface area contributed by atoms with Crippen LogP contribution < -0.4 is 14.4 Å². The molecule has 0 aliphatic rings.